The summed E-state index contributed by atoms with van der Waals surface area (Å²) in [6, 6.07) is 12.5. The third-order valence-corrected chi connectivity index (χ3v) is 6.22. The van der Waals surface area contributed by atoms with E-state index in [4.69, 9.17) is 14.7 Å². The molecule has 34 heavy (non-hydrogen) atoms. The van der Waals surface area contributed by atoms with E-state index in [1.54, 1.807) is 25.2 Å². The number of nitrogens with one attached hydrogen (secondary N) is 3. The lowest BCUT2D eigenvalue weighted by Crippen LogP contribution is -2.17. The first-order valence-electron chi connectivity index (χ1n) is 11.5. The van der Waals surface area contributed by atoms with E-state index in [1.165, 1.54) is 0 Å². The van der Waals surface area contributed by atoms with E-state index in [-0.39, 0.29) is 17.8 Å². The number of phenols is 1. The van der Waals surface area contributed by atoms with Crippen molar-refractivity contribution >= 4 is 28.6 Å². The molecule has 8 nitrogen and oxygen atoms in total. The number of benzene rings is 2. The Hall–Kier alpha value is -4.07. The predicted octanol–water partition coefficient (Wildman–Crippen LogP) is 5.06. The summed E-state index contributed by atoms with van der Waals surface area (Å²) in [5.41, 5.74) is 4.82. The van der Waals surface area contributed by atoms with Crippen LogP contribution in [0.5, 0.6) is 11.6 Å². The zero-order valence-electron chi connectivity index (χ0n) is 19.2. The fourth-order valence-corrected chi connectivity index (χ4v) is 4.38. The smallest absolute Gasteiger partial charge is 0.251 e. The van der Waals surface area contributed by atoms with Gasteiger partial charge in [0.2, 0.25) is 11.8 Å². The van der Waals surface area contributed by atoms with Crippen molar-refractivity contribution in [2.45, 2.75) is 38.7 Å². The minimum Gasteiger partial charge on any atom is -0.508 e. The van der Waals surface area contributed by atoms with Gasteiger partial charge < -0.3 is 25.5 Å². The molecule has 0 spiro atoms. The maximum atomic E-state index is 11.9. The summed E-state index contributed by atoms with van der Waals surface area (Å²) in [5.74, 6) is 1.03. The number of rotatable bonds is 6. The standard InChI is InChI=1S/C26H27N5O3/c1-15-13-17(24(33)27-2)9-12-21(15)29-26-30-23-22(25(31-26)34-19-5-3-4-6-19)20(14-28-23)16-7-10-18(32)11-8-16/h7-14,19,32H,3-6H2,1-2H3,(H,27,33)(H2,28,29,30,31). The number of aromatic amines is 1. The molecule has 2 heterocycles. The molecule has 0 aliphatic heterocycles. The summed E-state index contributed by atoms with van der Waals surface area (Å²) in [4.78, 5) is 24.6. The Labute approximate surface area is 197 Å². The minimum atomic E-state index is -0.132. The predicted molar refractivity (Wildman–Crippen MR) is 132 cm³/mol. The van der Waals surface area contributed by atoms with Crippen LogP contribution >= 0.6 is 0 Å². The van der Waals surface area contributed by atoms with Crippen molar-refractivity contribution in [2.24, 2.45) is 0 Å². The van der Waals surface area contributed by atoms with Crippen LogP contribution in [0, 0.1) is 6.92 Å². The third kappa shape index (κ3) is 4.26. The van der Waals surface area contributed by atoms with Crippen molar-refractivity contribution in [3.8, 4) is 22.8 Å². The lowest BCUT2D eigenvalue weighted by Gasteiger charge is -2.16. The number of ether oxygens (including phenoxy) is 1. The number of aromatic nitrogens is 3. The topological polar surface area (TPSA) is 112 Å². The van der Waals surface area contributed by atoms with Crippen molar-refractivity contribution in [3.63, 3.8) is 0 Å². The number of H-pyrrole nitrogens is 1. The van der Waals surface area contributed by atoms with E-state index in [2.05, 4.69) is 15.6 Å². The van der Waals surface area contributed by atoms with Crippen LogP contribution in [0.15, 0.2) is 48.7 Å². The highest BCUT2D eigenvalue weighted by atomic mass is 16.5. The number of aryl methyl sites for hydroxylation is 1. The van der Waals surface area contributed by atoms with Gasteiger partial charge in [-0.15, -0.1) is 0 Å². The fraction of sp³-hybridized carbons (Fsp3) is 0.269. The second kappa shape index (κ2) is 9.05. The van der Waals surface area contributed by atoms with Crippen LogP contribution in [0.2, 0.25) is 0 Å². The Morgan fingerprint density at radius 2 is 1.88 bits per heavy atom. The summed E-state index contributed by atoms with van der Waals surface area (Å²) < 4.78 is 6.39. The number of nitrogens with zero attached hydrogens (tertiary/aromatic N) is 2. The van der Waals surface area contributed by atoms with Crippen LogP contribution in [-0.4, -0.2) is 39.1 Å². The average Bonchev–Trinajstić information content (AvgIpc) is 3.50. The Kier molecular flexibility index (Phi) is 5.79. The molecule has 5 rings (SSSR count). The Bertz CT molecular complexity index is 1340. The van der Waals surface area contributed by atoms with E-state index in [0.29, 0.717) is 23.0 Å². The van der Waals surface area contributed by atoms with E-state index in [9.17, 15) is 9.90 Å². The van der Waals surface area contributed by atoms with Crippen LogP contribution in [-0.2, 0) is 0 Å². The molecule has 8 heteroatoms. The molecule has 4 N–H and O–H groups in total. The van der Waals surface area contributed by atoms with Gasteiger partial charge in [-0.1, -0.05) is 12.1 Å². The van der Waals surface area contributed by atoms with Crippen molar-refractivity contribution in [1.29, 1.82) is 0 Å². The largest absolute Gasteiger partial charge is 0.508 e. The first-order chi connectivity index (χ1) is 16.5. The number of fused-ring (bicyclic) bond motifs is 1. The second-order valence-electron chi connectivity index (χ2n) is 8.58. The molecule has 0 unspecified atom stereocenters. The van der Waals surface area contributed by atoms with Gasteiger partial charge in [0.25, 0.3) is 5.91 Å². The van der Waals surface area contributed by atoms with Gasteiger partial charge in [-0.3, -0.25) is 4.79 Å². The number of hydrogen-bond acceptors (Lipinski definition) is 6. The fourth-order valence-electron chi connectivity index (χ4n) is 4.38. The molecule has 1 amide bonds. The molecule has 1 fully saturated rings. The number of phenolic OH excluding ortho intramolecular Hbond substituents is 1. The van der Waals surface area contributed by atoms with E-state index < -0.39 is 0 Å². The molecule has 1 aliphatic carbocycles. The highest BCUT2D eigenvalue weighted by Gasteiger charge is 2.22. The van der Waals surface area contributed by atoms with E-state index >= 15 is 0 Å². The first-order valence-corrected chi connectivity index (χ1v) is 11.5. The van der Waals surface area contributed by atoms with Crippen LogP contribution < -0.4 is 15.4 Å². The maximum Gasteiger partial charge on any atom is 0.251 e. The molecule has 1 aliphatic rings. The molecule has 174 valence electrons. The highest BCUT2D eigenvalue weighted by Crippen LogP contribution is 2.37. The van der Waals surface area contributed by atoms with Crippen LogP contribution in [0.4, 0.5) is 11.6 Å². The molecule has 2 aromatic heterocycles. The summed E-state index contributed by atoms with van der Waals surface area (Å²) in [6.07, 6.45) is 6.33. The van der Waals surface area contributed by atoms with Gasteiger partial charge in [-0.25, -0.2) is 0 Å². The van der Waals surface area contributed by atoms with Gasteiger partial charge in [0.1, 0.15) is 17.5 Å². The molecule has 4 aromatic rings. The number of carbonyl (C=O) groups is 1. The summed E-state index contributed by atoms with van der Waals surface area (Å²) in [6.45, 7) is 1.93. The van der Waals surface area contributed by atoms with Gasteiger partial charge in [-0.05, 0) is 74.1 Å². The van der Waals surface area contributed by atoms with Gasteiger partial charge in [0.15, 0.2) is 0 Å². The van der Waals surface area contributed by atoms with Gasteiger partial charge in [0, 0.05) is 30.1 Å². The molecule has 0 atom stereocenters. The SMILES string of the molecule is CNC(=O)c1ccc(Nc2nc(OC3CCCC3)c3c(-c4ccc(O)cc4)c[nH]c3n2)c(C)c1. The first kappa shape index (κ1) is 21.8. The van der Waals surface area contributed by atoms with Gasteiger partial charge in [-0.2, -0.15) is 9.97 Å². The summed E-state index contributed by atoms with van der Waals surface area (Å²) in [5, 5.41) is 16.4. The molecule has 1 saturated carbocycles. The van der Waals surface area contributed by atoms with Gasteiger partial charge in [0.05, 0.1) is 5.39 Å². The minimum absolute atomic E-state index is 0.127. The summed E-state index contributed by atoms with van der Waals surface area (Å²) >= 11 is 0. The van der Waals surface area contributed by atoms with Crippen molar-refractivity contribution in [1.82, 2.24) is 20.3 Å². The molecule has 0 saturated heterocycles. The van der Waals surface area contributed by atoms with Crippen molar-refractivity contribution < 1.29 is 14.6 Å². The maximum absolute atomic E-state index is 11.9. The quantitative estimate of drug-likeness (QED) is 0.322. The van der Waals surface area contributed by atoms with Crippen molar-refractivity contribution in [2.75, 3.05) is 12.4 Å². The summed E-state index contributed by atoms with van der Waals surface area (Å²) in [7, 11) is 1.61. The van der Waals surface area contributed by atoms with Crippen LogP contribution in [0.3, 0.4) is 0 Å². The number of amides is 1. The normalized spacial score (nSPS) is 13.8. The average molecular weight is 458 g/mol. The Balaban J connectivity index is 1.54. The number of anilines is 2. The van der Waals surface area contributed by atoms with E-state index in [1.807, 2.05) is 37.4 Å². The molecular formula is C26H27N5O3. The van der Waals surface area contributed by atoms with Crippen LogP contribution in [0.1, 0.15) is 41.6 Å². The zero-order valence-corrected chi connectivity index (χ0v) is 19.2. The van der Waals surface area contributed by atoms with Gasteiger partial charge >= 0.3 is 0 Å². The van der Waals surface area contributed by atoms with E-state index in [0.717, 1.165) is 53.4 Å². The highest BCUT2D eigenvalue weighted by molar-refractivity contribution is 5.98. The monoisotopic (exact) mass is 457 g/mol. The lowest BCUT2D eigenvalue weighted by atomic mass is 10.1. The lowest BCUT2D eigenvalue weighted by molar-refractivity contribution is 0.0963. The third-order valence-electron chi connectivity index (χ3n) is 6.22. The zero-order chi connectivity index (χ0) is 23.7. The number of carbonyl (C=O) groups excluding carboxylic acids is 1. The number of hydrogen-bond donors (Lipinski definition) is 4. The Morgan fingerprint density at radius 3 is 2.59 bits per heavy atom. The van der Waals surface area contributed by atoms with Crippen LogP contribution in [0.25, 0.3) is 22.2 Å². The second-order valence-corrected chi connectivity index (χ2v) is 8.58. The molecular weight excluding hydrogens is 430 g/mol. The molecule has 0 radical (unpaired) electrons. The van der Waals surface area contributed by atoms with Crippen molar-refractivity contribution in [3.05, 3.63) is 59.8 Å². The molecule has 0 bridgehead atoms. The number of aromatic hydroxyl groups is 1. The molecule has 2 aromatic carbocycles. The Morgan fingerprint density at radius 1 is 1.12 bits per heavy atom.